The Morgan fingerprint density at radius 3 is 3.00 bits per heavy atom. The summed E-state index contributed by atoms with van der Waals surface area (Å²) in [4.78, 5) is 0. The van der Waals surface area contributed by atoms with Gasteiger partial charge in [0.1, 0.15) is 10.4 Å². The van der Waals surface area contributed by atoms with Gasteiger partial charge in [0.05, 0.1) is 0 Å². The SMILES string of the molecule is CC1OCCCN1S(=O)(=O)c1cccs1. The molecule has 0 amide bonds. The van der Waals surface area contributed by atoms with E-state index in [9.17, 15) is 8.42 Å². The van der Waals surface area contributed by atoms with Gasteiger partial charge in [-0.25, -0.2) is 8.42 Å². The van der Waals surface area contributed by atoms with Crippen LogP contribution in [-0.4, -0.2) is 32.1 Å². The van der Waals surface area contributed by atoms with Gasteiger partial charge >= 0.3 is 0 Å². The molecule has 0 saturated carbocycles. The normalized spacial score (nSPS) is 24.2. The maximum Gasteiger partial charge on any atom is 0.254 e. The molecule has 1 aromatic heterocycles. The average Bonchev–Trinajstić information content (AvgIpc) is 2.71. The molecule has 84 valence electrons. The van der Waals surface area contributed by atoms with Crippen molar-refractivity contribution in [3.63, 3.8) is 0 Å². The zero-order valence-corrected chi connectivity index (χ0v) is 10.1. The summed E-state index contributed by atoms with van der Waals surface area (Å²) in [7, 11) is -3.34. The molecular weight excluding hydrogens is 234 g/mol. The van der Waals surface area contributed by atoms with E-state index in [2.05, 4.69) is 0 Å². The number of rotatable bonds is 2. The first-order chi connectivity index (χ1) is 7.12. The first-order valence-corrected chi connectivity index (χ1v) is 7.11. The minimum Gasteiger partial charge on any atom is -0.362 e. The second kappa shape index (κ2) is 4.21. The predicted molar refractivity (Wildman–Crippen MR) is 58.2 cm³/mol. The number of thiophene rings is 1. The van der Waals surface area contributed by atoms with Crippen molar-refractivity contribution in [1.29, 1.82) is 0 Å². The highest BCUT2D eigenvalue weighted by Gasteiger charge is 2.32. The molecule has 0 aromatic carbocycles. The molecule has 1 atom stereocenters. The number of hydrogen-bond acceptors (Lipinski definition) is 4. The van der Waals surface area contributed by atoms with E-state index < -0.39 is 10.0 Å². The molecule has 4 nitrogen and oxygen atoms in total. The van der Waals surface area contributed by atoms with Crippen LogP contribution in [0.5, 0.6) is 0 Å². The Bertz CT molecular complexity index is 413. The summed E-state index contributed by atoms with van der Waals surface area (Å²) in [6.07, 6.45) is 0.403. The van der Waals surface area contributed by atoms with Crippen LogP contribution in [0.3, 0.4) is 0 Å². The molecule has 1 unspecified atom stereocenters. The molecule has 0 N–H and O–H groups in total. The molecule has 1 aromatic rings. The molecule has 0 radical (unpaired) electrons. The van der Waals surface area contributed by atoms with E-state index in [0.29, 0.717) is 17.4 Å². The fourth-order valence-electron chi connectivity index (χ4n) is 1.58. The second-order valence-electron chi connectivity index (χ2n) is 3.37. The van der Waals surface area contributed by atoms with Gasteiger partial charge in [-0.1, -0.05) is 6.07 Å². The van der Waals surface area contributed by atoms with Gasteiger partial charge in [0.15, 0.2) is 0 Å². The standard InChI is InChI=1S/C9H13NO3S2/c1-8-10(5-3-6-13-8)15(11,12)9-4-2-7-14-9/h2,4,7-8H,3,5-6H2,1H3. The average molecular weight is 247 g/mol. The molecule has 2 heterocycles. The van der Waals surface area contributed by atoms with Crippen LogP contribution in [0, 0.1) is 0 Å². The van der Waals surface area contributed by atoms with Gasteiger partial charge in [0, 0.05) is 13.2 Å². The summed E-state index contributed by atoms with van der Waals surface area (Å²) in [6.45, 7) is 2.95. The summed E-state index contributed by atoms with van der Waals surface area (Å²) < 4.78 is 31.4. The fraction of sp³-hybridized carbons (Fsp3) is 0.556. The third-order valence-electron chi connectivity index (χ3n) is 2.35. The first kappa shape index (κ1) is 11.1. The highest BCUT2D eigenvalue weighted by atomic mass is 32.2. The molecule has 0 bridgehead atoms. The minimum atomic E-state index is -3.34. The minimum absolute atomic E-state index is 0.356. The van der Waals surface area contributed by atoms with Gasteiger partial charge < -0.3 is 4.74 Å². The van der Waals surface area contributed by atoms with Gasteiger partial charge in [-0.15, -0.1) is 11.3 Å². The number of hydrogen-bond donors (Lipinski definition) is 0. The maximum atomic E-state index is 12.1. The van der Waals surface area contributed by atoms with Crippen molar-refractivity contribution < 1.29 is 13.2 Å². The predicted octanol–water partition coefficient (Wildman–Crippen LogP) is 1.51. The van der Waals surface area contributed by atoms with Gasteiger partial charge in [-0.05, 0) is 24.8 Å². The van der Waals surface area contributed by atoms with Crippen LogP contribution in [0.25, 0.3) is 0 Å². The van der Waals surface area contributed by atoms with Crippen molar-refractivity contribution >= 4 is 21.4 Å². The van der Waals surface area contributed by atoms with Crippen LogP contribution in [-0.2, 0) is 14.8 Å². The Kier molecular flexibility index (Phi) is 3.11. The van der Waals surface area contributed by atoms with Crippen LogP contribution in [0.2, 0.25) is 0 Å². The lowest BCUT2D eigenvalue weighted by Crippen LogP contribution is -2.44. The third-order valence-corrected chi connectivity index (χ3v) is 5.67. The lowest BCUT2D eigenvalue weighted by atomic mass is 10.4. The number of ether oxygens (including phenoxy) is 1. The largest absolute Gasteiger partial charge is 0.362 e. The Labute approximate surface area is 93.5 Å². The topological polar surface area (TPSA) is 46.6 Å². The van der Waals surface area contributed by atoms with Crippen LogP contribution >= 0.6 is 11.3 Å². The van der Waals surface area contributed by atoms with E-state index in [4.69, 9.17) is 4.74 Å². The third kappa shape index (κ3) is 2.08. The van der Waals surface area contributed by atoms with Gasteiger partial charge in [0.2, 0.25) is 0 Å². The van der Waals surface area contributed by atoms with Crippen molar-refractivity contribution in [1.82, 2.24) is 4.31 Å². The van der Waals surface area contributed by atoms with E-state index in [-0.39, 0.29) is 6.23 Å². The zero-order chi connectivity index (χ0) is 10.9. The number of sulfonamides is 1. The van der Waals surface area contributed by atoms with E-state index >= 15 is 0 Å². The van der Waals surface area contributed by atoms with Gasteiger partial charge in [-0.3, -0.25) is 0 Å². The first-order valence-electron chi connectivity index (χ1n) is 4.79. The summed E-state index contributed by atoms with van der Waals surface area (Å²) in [6, 6.07) is 3.37. The monoisotopic (exact) mass is 247 g/mol. The van der Waals surface area contributed by atoms with Crippen LogP contribution in [0.1, 0.15) is 13.3 Å². The Morgan fingerprint density at radius 2 is 2.40 bits per heavy atom. The van der Waals surface area contributed by atoms with E-state index in [1.165, 1.54) is 15.6 Å². The maximum absolute atomic E-state index is 12.1. The molecule has 1 fully saturated rings. The van der Waals surface area contributed by atoms with Gasteiger partial charge in [-0.2, -0.15) is 4.31 Å². The van der Waals surface area contributed by atoms with Crippen molar-refractivity contribution in [2.45, 2.75) is 23.8 Å². The molecular formula is C9H13NO3S2. The van der Waals surface area contributed by atoms with Crippen LogP contribution in [0.15, 0.2) is 21.7 Å². The van der Waals surface area contributed by atoms with E-state index in [1.807, 2.05) is 0 Å². The highest BCUT2D eigenvalue weighted by molar-refractivity contribution is 7.91. The van der Waals surface area contributed by atoms with Crippen LogP contribution in [0.4, 0.5) is 0 Å². The van der Waals surface area contributed by atoms with Gasteiger partial charge in [0.25, 0.3) is 10.0 Å². The summed E-state index contributed by atoms with van der Waals surface area (Å²) in [5.41, 5.74) is 0. The summed E-state index contributed by atoms with van der Waals surface area (Å²) in [5.74, 6) is 0. The van der Waals surface area contributed by atoms with Crippen molar-refractivity contribution in [2.75, 3.05) is 13.2 Å². The summed E-state index contributed by atoms with van der Waals surface area (Å²) >= 11 is 1.24. The smallest absolute Gasteiger partial charge is 0.254 e. The Morgan fingerprint density at radius 1 is 1.60 bits per heavy atom. The molecule has 15 heavy (non-hydrogen) atoms. The molecule has 1 aliphatic rings. The lowest BCUT2D eigenvalue weighted by Gasteiger charge is -2.31. The fourth-order valence-corrected chi connectivity index (χ4v) is 4.27. The van der Waals surface area contributed by atoms with Crippen LogP contribution < -0.4 is 0 Å². The molecule has 0 spiro atoms. The molecule has 2 rings (SSSR count). The molecule has 6 heteroatoms. The van der Waals surface area contributed by atoms with Crippen molar-refractivity contribution in [2.24, 2.45) is 0 Å². The second-order valence-corrected chi connectivity index (χ2v) is 6.44. The van der Waals surface area contributed by atoms with Crippen molar-refractivity contribution in [3.05, 3.63) is 17.5 Å². The van der Waals surface area contributed by atoms with Crippen molar-refractivity contribution in [3.8, 4) is 0 Å². The zero-order valence-electron chi connectivity index (χ0n) is 8.42. The summed E-state index contributed by atoms with van der Waals surface area (Å²) in [5, 5.41) is 1.77. The lowest BCUT2D eigenvalue weighted by molar-refractivity contribution is -0.0409. The van der Waals surface area contributed by atoms with E-state index in [0.717, 1.165) is 6.42 Å². The molecule has 1 aliphatic heterocycles. The highest BCUT2D eigenvalue weighted by Crippen LogP contribution is 2.24. The molecule has 0 aliphatic carbocycles. The quantitative estimate of drug-likeness (QED) is 0.795. The number of nitrogens with zero attached hydrogens (tertiary/aromatic N) is 1. The Hall–Kier alpha value is -0.430. The Balaban J connectivity index is 2.29. The molecule has 1 saturated heterocycles. The van der Waals surface area contributed by atoms with E-state index in [1.54, 1.807) is 24.4 Å².